The molecule has 3 N–H and O–H groups in total. The van der Waals surface area contributed by atoms with Gasteiger partial charge in [0.25, 0.3) is 5.91 Å². The molecule has 0 radical (unpaired) electrons. The van der Waals surface area contributed by atoms with Crippen molar-refractivity contribution in [1.82, 2.24) is 14.9 Å². The van der Waals surface area contributed by atoms with Gasteiger partial charge in [0.05, 0.1) is 11.9 Å². The summed E-state index contributed by atoms with van der Waals surface area (Å²) in [6, 6.07) is 5.33. The Kier molecular flexibility index (Phi) is 4.24. The predicted octanol–water partition coefficient (Wildman–Crippen LogP) is 0.961. The van der Waals surface area contributed by atoms with Crippen molar-refractivity contribution in [3.8, 4) is 0 Å². The van der Waals surface area contributed by atoms with E-state index in [0.717, 1.165) is 5.69 Å². The maximum Gasteiger partial charge on any atom is 0.253 e. The van der Waals surface area contributed by atoms with E-state index in [1.54, 1.807) is 24.7 Å². The van der Waals surface area contributed by atoms with Crippen LogP contribution in [0.4, 0.5) is 11.4 Å². The summed E-state index contributed by atoms with van der Waals surface area (Å²) in [5.74, 6) is -0.124. The lowest BCUT2D eigenvalue weighted by Gasteiger charge is -2.17. The van der Waals surface area contributed by atoms with E-state index in [0.29, 0.717) is 24.3 Å². The molecule has 0 bridgehead atoms. The zero-order valence-electron chi connectivity index (χ0n) is 11.7. The Bertz CT molecular complexity index is 577. The fourth-order valence-corrected chi connectivity index (χ4v) is 1.94. The fourth-order valence-electron chi connectivity index (χ4n) is 1.94. The quantitative estimate of drug-likeness (QED) is 0.796. The lowest BCUT2D eigenvalue weighted by Crippen LogP contribution is -2.28. The molecule has 6 nitrogen and oxygen atoms in total. The van der Waals surface area contributed by atoms with Crippen molar-refractivity contribution < 1.29 is 4.79 Å². The molecule has 6 heteroatoms. The van der Waals surface area contributed by atoms with E-state index < -0.39 is 0 Å². The Morgan fingerprint density at radius 3 is 2.90 bits per heavy atom. The smallest absolute Gasteiger partial charge is 0.253 e. The predicted molar refractivity (Wildman–Crippen MR) is 79.7 cm³/mol. The molecule has 106 valence electrons. The lowest BCUT2D eigenvalue weighted by atomic mass is 10.1. The number of imidazole rings is 1. The summed E-state index contributed by atoms with van der Waals surface area (Å²) in [5, 5.41) is 2.89. The second-order valence-corrected chi connectivity index (χ2v) is 4.73. The zero-order valence-corrected chi connectivity index (χ0v) is 11.7. The molecular formula is C14H19N5O. The fraction of sp³-hybridized carbons (Fsp3) is 0.286. The van der Waals surface area contributed by atoms with Crippen molar-refractivity contribution in [3.63, 3.8) is 0 Å². The second-order valence-electron chi connectivity index (χ2n) is 4.73. The van der Waals surface area contributed by atoms with Crippen molar-refractivity contribution >= 4 is 17.3 Å². The van der Waals surface area contributed by atoms with Crippen molar-refractivity contribution in [2.75, 3.05) is 31.3 Å². The van der Waals surface area contributed by atoms with Crippen LogP contribution in [0.15, 0.2) is 36.9 Å². The number of rotatable bonds is 5. The number of aromatic nitrogens is 2. The summed E-state index contributed by atoms with van der Waals surface area (Å²) in [6.45, 7) is 1.22. The summed E-state index contributed by atoms with van der Waals surface area (Å²) in [4.78, 5) is 18.1. The van der Waals surface area contributed by atoms with Gasteiger partial charge < -0.3 is 20.5 Å². The van der Waals surface area contributed by atoms with Crippen molar-refractivity contribution in [2.24, 2.45) is 0 Å². The van der Waals surface area contributed by atoms with Gasteiger partial charge in [-0.1, -0.05) is 0 Å². The molecule has 0 spiro atoms. The Labute approximate surface area is 118 Å². The van der Waals surface area contributed by atoms with Gasteiger partial charge >= 0.3 is 0 Å². The highest BCUT2D eigenvalue weighted by Gasteiger charge is 2.12. The topological polar surface area (TPSA) is 76.2 Å². The first kappa shape index (κ1) is 13.9. The van der Waals surface area contributed by atoms with E-state index in [-0.39, 0.29) is 5.91 Å². The average molecular weight is 273 g/mol. The van der Waals surface area contributed by atoms with Crippen molar-refractivity contribution in [3.05, 3.63) is 42.5 Å². The Morgan fingerprint density at radius 2 is 2.25 bits per heavy atom. The lowest BCUT2D eigenvalue weighted by molar-refractivity contribution is 0.0953. The Morgan fingerprint density at radius 1 is 1.45 bits per heavy atom. The maximum absolute atomic E-state index is 12.2. The van der Waals surface area contributed by atoms with Gasteiger partial charge in [0.1, 0.15) is 0 Å². The molecule has 1 aromatic heterocycles. The van der Waals surface area contributed by atoms with E-state index >= 15 is 0 Å². The van der Waals surface area contributed by atoms with Gasteiger partial charge in [0.2, 0.25) is 0 Å². The average Bonchev–Trinajstić information content (AvgIpc) is 2.91. The number of carbonyl (C=O) groups is 1. The summed E-state index contributed by atoms with van der Waals surface area (Å²) in [5.41, 5.74) is 7.77. The number of nitrogens with zero attached hydrogens (tertiary/aromatic N) is 3. The van der Waals surface area contributed by atoms with Gasteiger partial charge in [-0.25, -0.2) is 4.98 Å². The molecule has 1 aromatic carbocycles. The molecule has 0 aliphatic carbocycles. The maximum atomic E-state index is 12.2. The van der Waals surface area contributed by atoms with Crippen LogP contribution in [0.5, 0.6) is 0 Å². The van der Waals surface area contributed by atoms with E-state index in [9.17, 15) is 4.79 Å². The van der Waals surface area contributed by atoms with Crippen LogP contribution in [0, 0.1) is 0 Å². The monoisotopic (exact) mass is 273 g/mol. The number of benzene rings is 1. The number of nitrogens with one attached hydrogen (secondary N) is 1. The Balaban J connectivity index is 2.03. The van der Waals surface area contributed by atoms with Crippen LogP contribution >= 0.6 is 0 Å². The third kappa shape index (κ3) is 3.28. The van der Waals surface area contributed by atoms with E-state index in [1.807, 2.05) is 35.8 Å². The minimum Gasteiger partial charge on any atom is -0.399 e. The van der Waals surface area contributed by atoms with Crippen LogP contribution in [-0.4, -0.2) is 36.1 Å². The first-order valence-electron chi connectivity index (χ1n) is 6.38. The van der Waals surface area contributed by atoms with E-state index in [4.69, 9.17) is 5.73 Å². The van der Waals surface area contributed by atoms with Crippen LogP contribution in [0.3, 0.4) is 0 Å². The van der Waals surface area contributed by atoms with Crippen LogP contribution < -0.4 is 16.0 Å². The molecule has 1 heterocycles. The van der Waals surface area contributed by atoms with E-state index in [1.165, 1.54) is 0 Å². The summed E-state index contributed by atoms with van der Waals surface area (Å²) in [7, 11) is 3.79. The number of hydrogen-bond donors (Lipinski definition) is 2. The van der Waals surface area contributed by atoms with Gasteiger partial charge in [-0.2, -0.15) is 0 Å². The van der Waals surface area contributed by atoms with Gasteiger partial charge in [0.15, 0.2) is 0 Å². The second kappa shape index (κ2) is 6.10. The molecule has 0 saturated heterocycles. The summed E-state index contributed by atoms with van der Waals surface area (Å²) in [6.07, 6.45) is 5.29. The number of carbonyl (C=O) groups excluding carboxylic acids is 1. The third-order valence-electron chi connectivity index (χ3n) is 2.96. The van der Waals surface area contributed by atoms with Gasteiger partial charge in [-0.15, -0.1) is 0 Å². The normalized spacial score (nSPS) is 10.3. The highest BCUT2D eigenvalue weighted by atomic mass is 16.1. The summed E-state index contributed by atoms with van der Waals surface area (Å²) < 4.78 is 1.91. The SMILES string of the molecule is CN(C)c1ccc(N)cc1C(=O)NCCn1ccnc1. The molecule has 0 fully saturated rings. The molecular weight excluding hydrogens is 254 g/mol. The molecule has 20 heavy (non-hydrogen) atoms. The molecule has 0 unspecified atom stereocenters. The number of amides is 1. The third-order valence-corrected chi connectivity index (χ3v) is 2.96. The van der Waals surface area contributed by atoms with Gasteiger partial charge in [-0.05, 0) is 18.2 Å². The standard InChI is InChI=1S/C14H19N5O/c1-18(2)13-4-3-11(15)9-12(13)14(20)17-6-8-19-7-5-16-10-19/h3-5,7,9-10H,6,8,15H2,1-2H3,(H,17,20). The summed E-state index contributed by atoms with van der Waals surface area (Å²) >= 11 is 0. The van der Waals surface area contributed by atoms with Crippen LogP contribution in [0.1, 0.15) is 10.4 Å². The number of nitrogen functional groups attached to an aromatic ring is 1. The van der Waals surface area contributed by atoms with Crippen molar-refractivity contribution in [2.45, 2.75) is 6.54 Å². The number of nitrogens with two attached hydrogens (primary N) is 1. The molecule has 2 rings (SSSR count). The first-order valence-corrected chi connectivity index (χ1v) is 6.38. The molecule has 0 atom stereocenters. The first-order chi connectivity index (χ1) is 9.58. The van der Waals surface area contributed by atoms with Gasteiger partial charge in [0, 0.05) is 51.0 Å². The molecule has 0 aliphatic heterocycles. The van der Waals surface area contributed by atoms with E-state index in [2.05, 4.69) is 10.3 Å². The zero-order chi connectivity index (χ0) is 14.5. The van der Waals surface area contributed by atoms with Crippen LogP contribution in [-0.2, 0) is 6.54 Å². The highest BCUT2D eigenvalue weighted by molar-refractivity contribution is 6.00. The molecule has 0 aliphatic rings. The Hall–Kier alpha value is -2.50. The van der Waals surface area contributed by atoms with Crippen molar-refractivity contribution in [1.29, 1.82) is 0 Å². The molecule has 2 aromatic rings. The number of hydrogen-bond acceptors (Lipinski definition) is 4. The minimum atomic E-state index is -0.124. The minimum absolute atomic E-state index is 0.124. The largest absolute Gasteiger partial charge is 0.399 e. The highest BCUT2D eigenvalue weighted by Crippen LogP contribution is 2.21. The molecule has 0 saturated carbocycles. The number of anilines is 2. The van der Waals surface area contributed by atoms with Crippen LogP contribution in [0.25, 0.3) is 0 Å². The molecule has 1 amide bonds. The van der Waals surface area contributed by atoms with Crippen LogP contribution in [0.2, 0.25) is 0 Å². The van der Waals surface area contributed by atoms with Gasteiger partial charge in [-0.3, -0.25) is 4.79 Å².